The Morgan fingerprint density at radius 2 is 0.533 bits per heavy atom. The molecule has 2 atom stereocenters. The molecule has 0 radical (unpaired) electrons. The van der Waals surface area contributed by atoms with Crippen molar-refractivity contribution in [2.24, 2.45) is 0 Å². The smallest absolute Gasteiger partial charge is 0.306 e. The third kappa shape index (κ3) is 89.3. The molecular formula is C98H177NO8. The number of carbonyl (C=O) groups is 3. The first-order valence-corrected chi connectivity index (χ1v) is 46.4. The van der Waals surface area contributed by atoms with Gasteiger partial charge in [-0.3, -0.25) is 9.59 Å². The zero-order valence-corrected chi connectivity index (χ0v) is 71.5. The van der Waals surface area contributed by atoms with E-state index in [2.05, 4.69) is 111 Å². The van der Waals surface area contributed by atoms with Gasteiger partial charge in [0.1, 0.15) is 13.2 Å². The maximum absolute atomic E-state index is 13.0. The molecule has 0 saturated heterocycles. The largest absolute Gasteiger partial charge is 0.545 e. The summed E-state index contributed by atoms with van der Waals surface area (Å²) in [5, 5.41) is 11.9. The van der Waals surface area contributed by atoms with Crippen LogP contribution in [0.2, 0.25) is 0 Å². The molecule has 9 nitrogen and oxygen atoms in total. The number of allylic oxidation sites excluding steroid dienone is 16. The fourth-order valence-corrected chi connectivity index (χ4v) is 13.8. The van der Waals surface area contributed by atoms with Gasteiger partial charge < -0.3 is 33.3 Å². The van der Waals surface area contributed by atoms with Crippen molar-refractivity contribution in [3.05, 3.63) is 97.2 Å². The molecule has 0 heterocycles. The van der Waals surface area contributed by atoms with Gasteiger partial charge in [-0.1, -0.05) is 439 Å². The summed E-state index contributed by atoms with van der Waals surface area (Å²) in [5.41, 5.74) is 0. The van der Waals surface area contributed by atoms with Crippen LogP contribution in [0.3, 0.4) is 0 Å². The normalized spacial score (nSPS) is 13.0. The maximum Gasteiger partial charge on any atom is 0.306 e. The Kier molecular flexibility index (Phi) is 84.7. The second-order valence-corrected chi connectivity index (χ2v) is 32.6. The van der Waals surface area contributed by atoms with E-state index >= 15 is 0 Å². The molecule has 0 aromatic carbocycles. The van der Waals surface area contributed by atoms with E-state index in [1.165, 1.54) is 340 Å². The molecule has 0 aliphatic heterocycles. The molecule has 0 bridgehead atoms. The molecule has 0 amide bonds. The van der Waals surface area contributed by atoms with E-state index in [1.807, 2.05) is 21.1 Å². The molecule has 0 saturated carbocycles. The molecule has 0 spiro atoms. The van der Waals surface area contributed by atoms with Gasteiger partial charge in [-0.2, -0.15) is 0 Å². The number of hydrogen-bond acceptors (Lipinski definition) is 8. The lowest BCUT2D eigenvalue weighted by molar-refractivity contribution is -0.870. The molecular weight excluding hydrogens is 1320 g/mol. The Balaban J connectivity index is 3.89. The highest BCUT2D eigenvalue weighted by Crippen LogP contribution is 2.21. The maximum atomic E-state index is 13.0. The van der Waals surface area contributed by atoms with Crippen LogP contribution in [0.15, 0.2) is 97.2 Å². The Bertz CT molecular complexity index is 2100. The van der Waals surface area contributed by atoms with Crippen LogP contribution in [-0.2, 0) is 33.3 Å². The van der Waals surface area contributed by atoms with Gasteiger partial charge in [-0.05, 0) is 96.3 Å². The van der Waals surface area contributed by atoms with E-state index in [0.717, 1.165) is 83.5 Å². The number of carbonyl (C=O) groups excluding carboxylic acids is 3. The van der Waals surface area contributed by atoms with E-state index < -0.39 is 24.3 Å². The van der Waals surface area contributed by atoms with Crippen molar-refractivity contribution in [2.75, 3.05) is 47.5 Å². The number of carboxylic acids is 1. The highest BCUT2D eigenvalue weighted by Gasteiger charge is 2.22. The Hall–Kier alpha value is -3.79. The number of rotatable bonds is 87. The number of carboxylic acid groups (broad SMARTS) is 1. The quantitative estimate of drug-likeness (QED) is 0.0195. The summed E-state index contributed by atoms with van der Waals surface area (Å²) < 4.78 is 22.9. The van der Waals surface area contributed by atoms with E-state index in [-0.39, 0.29) is 32.2 Å². The van der Waals surface area contributed by atoms with Crippen LogP contribution in [0, 0.1) is 0 Å². The molecule has 0 aromatic heterocycles. The lowest BCUT2D eigenvalue weighted by Gasteiger charge is -2.26. The van der Waals surface area contributed by atoms with Crippen LogP contribution in [0.25, 0.3) is 0 Å². The topological polar surface area (TPSA) is 111 Å². The number of unbranched alkanes of at least 4 members (excludes halogenated alkanes) is 56. The number of esters is 2. The Morgan fingerprint density at radius 1 is 0.290 bits per heavy atom. The van der Waals surface area contributed by atoms with E-state index in [4.69, 9.17) is 18.9 Å². The number of hydrogen-bond donors (Lipinski definition) is 0. The first kappa shape index (κ1) is 103. The molecule has 2 unspecified atom stereocenters. The Morgan fingerprint density at radius 3 is 0.794 bits per heavy atom. The zero-order valence-electron chi connectivity index (χ0n) is 71.5. The van der Waals surface area contributed by atoms with Crippen LogP contribution in [0.5, 0.6) is 0 Å². The first-order valence-electron chi connectivity index (χ1n) is 46.4. The molecule has 9 heteroatoms. The molecule has 0 fully saturated rings. The fraction of sp³-hybridized carbons (Fsp3) is 0.806. The van der Waals surface area contributed by atoms with Crippen molar-refractivity contribution >= 4 is 17.9 Å². The molecule has 0 aliphatic carbocycles. The number of ether oxygens (including phenoxy) is 4. The summed E-state index contributed by atoms with van der Waals surface area (Å²) in [5.74, 6) is -2.25. The minimum Gasteiger partial charge on any atom is -0.545 e. The number of likely N-dealkylation sites (N-methyl/N-ethyl adjacent to an activating group) is 1. The summed E-state index contributed by atoms with van der Waals surface area (Å²) in [4.78, 5) is 37.7. The van der Waals surface area contributed by atoms with Crippen molar-refractivity contribution < 1.29 is 42.9 Å². The molecule has 622 valence electrons. The fourth-order valence-electron chi connectivity index (χ4n) is 13.8. The second kappa shape index (κ2) is 87.8. The second-order valence-electron chi connectivity index (χ2n) is 32.6. The van der Waals surface area contributed by atoms with Gasteiger partial charge in [-0.25, -0.2) is 0 Å². The minimum atomic E-state index is -1.62. The molecule has 0 aliphatic rings. The van der Waals surface area contributed by atoms with Crippen molar-refractivity contribution in [2.45, 2.75) is 463 Å². The van der Waals surface area contributed by atoms with Gasteiger partial charge in [0.2, 0.25) is 0 Å². The molecule has 0 rings (SSSR count). The van der Waals surface area contributed by atoms with E-state index in [1.54, 1.807) is 0 Å². The van der Waals surface area contributed by atoms with Crippen molar-refractivity contribution in [1.29, 1.82) is 0 Å². The average Bonchev–Trinajstić information content (AvgIpc) is 0.965. The van der Waals surface area contributed by atoms with Crippen LogP contribution >= 0.6 is 0 Å². The van der Waals surface area contributed by atoms with E-state index in [9.17, 15) is 19.5 Å². The molecule has 0 N–H and O–H groups in total. The standard InChI is InChI=1S/C98H177NO8/c1-6-8-10-12-14-16-18-20-22-24-26-28-30-32-34-36-38-40-42-44-46-48-50-52-54-56-58-60-62-64-66-68-70-72-74-76-78-80-82-84-86-88-95(100)105-92-94(93-106-98(97(102)103)104-91-90-99(3,4)5)107-96(101)89-87-85-83-81-79-77-75-73-71-69-67-65-63-61-59-57-55-53-51-49-47-45-43-41-39-37-35-33-31-29-27-25-23-21-19-17-15-13-11-9-7-2/h9,11,15,17-18,20-21,23-24,26-27,29-30,32-33,35,94,98H,6-8,10,12-14,16,19,22,25,28,31,34,36-93H2,1-5H3/b11-9-,17-15-,20-18-,23-21-,26-24-,29-27-,32-30-,35-33-. The van der Waals surface area contributed by atoms with Gasteiger partial charge in [-0.15, -0.1) is 0 Å². The predicted molar refractivity (Wildman–Crippen MR) is 463 cm³/mol. The van der Waals surface area contributed by atoms with Crippen LogP contribution in [-0.4, -0.2) is 82.3 Å². The van der Waals surface area contributed by atoms with Crippen LogP contribution in [0.4, 0.5) is 0 Å². The van der Waals surface area contributed by atoms with E-state index in [0.29, 0.717) is 17.4 Å². The summed E-state index contributed by atoms with van der Waals surface area (Å²) in [6.07, 6.45) is 120. The van der Waals surface area contributed by atoms with Gasteiger partial charge >= 0.3 is 11.9 Å². The Labute approximate surface area is 664 Å². The summed E-state index contributed by atoms with van der Waals surface area (Å²) >= 11 is 0. The number of quaternary nitrogens is 1. The number of aliphatic carboxylic acids is 1. The van der Waals surface area contributed by atoms with Crippen molar-refractivity contribution in [1.82, 2.24) is 0 Å². The summed E-state index contributed by atoms with van der Waals surface area (Å²) in [6, 6.07) is 0. The predicted octanol–water partition coefficient (Wildman–Crippen LogP) is 29.3. The van der Waals surface area contributed by atoms with Crippen molar-refractivity contribution in [3.63, 3.8) is 0 Å². The van der Waals surface area contributed by atoms with Gasteiger partial charge in [0.05, 0.1) is 40.3 Å². The minimum absolute atomic E-state index is 0.149. The average molecular weight is 1500 g/mol. The zero-order chi connectivity index (χ0) is 77.4. The third-order valence-corrected chi connectivity index (χ3v) is 20.8. The third-order valence-electron chi connectivity index (χ3n) is 20.8. The van der Waals surface area contributed by atoms with Crippen LogP contribution < -0.4 is 5.11 Å². The SMILES string of the molecule is CC/C=C\C/C=C\C/C=C\C/C=C\C/C=C\CCCCCCCCCCCCCCCCCCCCCCCCCCCC(=O)OC(COC(=O)CCCCCCCCCCCCCCCCCCCCCCCCCCCC/C=C\C/C=C\C/C=C\CCCCCCC)COC(OCC[N+](C)(C)C)C(=O)[O-]. The van der Waals surface area contributed by atoms with Crippen molar-refractivity contribution in [3.8, 4) is 0 Å². The van der Waals surface area contributed by atoms with Gasteiger partial charge in [0, 0.05) is 12.8 Å². The molecule has 107 heavy (non-hydrogen) atoms. The monoisotopic (exact) mass is 1500 g/mol. The molecule has 0 aromatic rings. The lowest BCUT2D eigenvalue weighted by atomic mass is 10.0. The first-order chi connectivity index (χ1) is 52.6. The summed E-state index contributed by atoms with van der Waals surface area (Å²) in [7, 11) is 5.96. The van der Waals surface area contributed by atoms with Gasteiger partial charge in [0.25, 0.3) is 0 Å². The highest BCUT2D eigenvalue weighted by atomic mass is 16.7. The van der Waals surface area contributed by atoms with Gasteiger partial charge in [0.15, 0.2) is 12.4 Å². The van der Waals surface area contributed by atoms with Crippen LogP contribution in [0.1, 0.15) is 450 Å². The summed E-state index contributed by atoms with van der Waals surface area (Å²) in [6.45, 7) is 4.69. The lowest BCUT2D eigenvalue weighted by Crippen LogP contribution is -2.44. The number of nitrogens with zero attached hydrogens (tertiary/aromatic N) is 1. The highest BCUT2D eigenvalue weighted by molar-refractivity contribution is 5.70.